The van der Waals surface area contributed by atoms with Crippen LogP contribution in [0.4, 0.5) is 0 Å². The van der Waals surface area contributed by atoms with Gasteiger partial charge in [-0.3, -0.25) is 4.79 Å². The van der Waals surface area contributed by atoms with Gasteiger partial charge in [-0.2, -0.15) is 0 Å². The van der Waals surface area contributed by atoms with Gasteiger partial charge in [-0.15, -0.1) is 0 Å². The highest BCUT2D eigenvalue weighted by molar-refractivity contribution is 9.10. The third kappa shape index (κ3) is 2.69. The van der Waals surface area contributed by atoms with E-state index in [-0.39, 0.29) is 11.7 Å². The lowest BCUT2D eigenvalue weighted by Crippen LogP contribution is -2.13. The lowest BCUT2D eigenvalue weighted by atomic mass is 9.91. The van der Waals surface area contributed by atoms with Crippen molar-refractivity contribution < 1.29 is 4.79 Å². The van der Waals surface area contributed by atoms with Crippen LogP contribution in [0.5, 0.6) is 0 Å². The van der Waals surface area contributed by atoms with Crippen molar-refractivity contribution in [1.82, 2.24) is 0 Å². The zero-order valence-corrected chi connectivity index (χ0v) is 11.3. The smallest absolute Gasteiger partial charge is 0.166 e. The molecule has 0 saturated carbocycles. The highest BCUT2D eigenvalue weighted by Crippen LogP contribution is 2.23. The van der Waals surface area contributed by atoms with Gasteiger partial charge in [0.2, 0.25) is 0 Å². The number of hydrogen-bond acceptors (Lipinski definition) is 1. The molecule has 0 radical (unpaired) electrons. The molecular weight excluding hydrogens is 252 g/mol. The van der Waals surface area contributed by atoms with Crippen LogP contribution in [0.25, 0.3) is 0 Å². The Morgan fingerprint density at radius 1 is 1.33 bits per heavy atom. The van der Waals surface area contributed by atoms with E-state index < -0.39 is 0 Å². The van der Waals surface area contributed by atoms with Crippen LogP contribution in [0, 0.1) is 19.8 Å². The van der Waals surface area contributed by atoms with Gasteiger partial charge in [-0.1, -0.05) is 29.8 Å². The molecule has 0 bridgehead atoms. The van der Waals surface area contributed by atoms with Crippen LogP contribution in [-0.4, -0.2) is 5.78 Å². The molecule has 0 N–H and O–H groups in total. The van der Waals surface area contributed by atoms with Crippen LogP contribution < -0.4 is 0 Å². The first kappa shape index (κ1) is 12.4. The summed E-state index contributed by atoms with van der Waals surface area (Å²) in [6, 6.07) is 4.01. The molecule has 2 heteroatoms. The van der Waals surface area contributed by atoms with E-state index in [9.17, 15) is 4.79 Å². The fourth-order valence-corrected chi connectivity index (χ4v) is 2.42. The van der Waals surface area contributed by atoms with Gasteiger partial charge in [0.15, 0.2) is 5.78 Å². The van der Waals surface area contributed by atoms with Crippen LogP contribution in [0.15, 0.2) is 16.6 Å². The molecule has 0 fully saturated rings. The quantitative estimate of drug-likeness (QED) is 0.748. The van der Waals surface area contributed by atoms with Gasteiger partial charge in [0.25, 0.3) is 0 Å². The number of ketones is 1. The minimum atomic E-state index is 0.114. The summed E-state index contributed by atoms with van der Waals surface area (Å²) in [5.74, 6) is 0.378. The Hall–Kier alpha value is -0.630. The lowest BCUT2D eigenvalue weighted by Gasteiger charge is -2.13. The highest BCUT2D eigenvalue weighted by Gasteiger charge is 2.17. The Morgan fingerprint density at radius 3 is 2.20 bits per heavy atom. The Labute approximate surface area is 100 Å². The molecule has 1 unspecified atom stereocenters. The lowest BCUT2D eigenvalue weighted by molar-refractivity contribution is 0.0926. The SMILES string of the molecule is CCC(C)C(=O)c1c(C)cc(Br)cc1C. The van der Waals surface area contributed by atoms with Crippen molar-refractivity contribution in [2.75, 3.05) is 0 Å². The summed E-state index contributed by atoms with van der Waals surface area (Å²) in [5.41, 5.74) is 3.02. The van der Waals surface area contributed by atoms with Gasteiger partial charge >= 0.3 is 0 Å². The number of carbonyl (C=O) groups is 1. The summed E-state index contributed by atoms with van der Waals surface area (Å²) in [4.78, 5) is 12.1. The number of halogens is 1. The molecule has 0 aliphatic rings. The molecule has 0 amide bonds. The third-order valence-electron chi connectivity index (χ3n) is 2.80. The largest absolute Gasteiger partial charge is 0.294 e. The summed E-state index contributed by atoms with van der Waals surface area (Å²) >= 11 is 3.44. The number of rotatable bonds is 3. The van der Waals surface area contributed by atoms with Gasteiger partial charge in [0.05, 0.1) is 0 Å². The Morgan fingerprint density at radius 2 is 1.80 bits per heavy atom. The Balaban J connectivity index is 3.20. The highest BCUT2D eigenvalue weighted by atomic mass is 79.9. The molecule has 1 aromatic carbocycles. The monoisotopic (exact) mass is 268 g/mol. The van der Waals surface area contributed by atoms with Gasteiger partial charge < -0.3 is 0 Å². The second-order valence-electron chi connectivity index (χ2n) is 4.09. The van der Waals surface area contributed by atoms with Crippen LogP contribution in [0.2, 0.25) is 0 Å². The maximum absolute atomic E-state index is 12.1. The van der Waals surface area contributed by atoms with E-state index >= 15 is 0 Å². The molecule has 0 heterocycles. The van der Waals surface area contributed by atoms with E-state index in [0.29, 0.717) is 0 Å². The molecule has 0 spiro atoms. The van der Waals surface area contributed by atoms with Gasteiger partial charge in [-0.05, 0) is 43.5 Å². The number of Topliss-reactive ketones (excluding diaryl/α,β-unsaturated/α-hetero) is 1. The molecule has 0 aromatic heterocycles. The zero-order chi connectivity index (χ0) is 11.6. The minimum absolute atomic E-state index is 0.114. The summed E-state index contributed by atoms with van der Waals surface area (Å²) < 4.78 is 1.04. The Kier molecular flexibility index (Phi) is 4.09. The molecular formula is C13H17BrO. The first-order valence-corrected chi connectivity index (χ1v) is 6.07. The fourth-order valence-electron chi connectivity index (χ4n) is 1.73. The zero-order valence-electron chi connectivity index (χ0n) is 9.73. The van der Waals surface area contributed by atoms with E-state index in [1.807, 2.05) is 39.8 Å². The van der Waals surface area contributed by atoms with Crippen molar-refractivity contribution in [3.05, 3.63) is 33.3 Å². The Bertz CT molecular complexity index is 359. The second-order valence-corrected chi connectivity index (χ2v) is 5.00. The van der Waals surface area contributed by atoms with E-state index in [1.54, 1.807) is 0 Å². The van der Waals surface area contributed by atoms with Crippen molar-refractivity contribution in [1.29, 1.82) is 0 Å². The predicted molar refractivity (Wildman–Crippen MR) is 67.4 cm³/mol. The first-order chi connectivity index (χ1) is 6.97. The molecule has 15 heavy (non-hydrogen) atoms. The molecule has 1 aromatic rings. The normalized spacial score (nSPS) is 12.6. The molecule has 1 atom stereocenters. The van der Waals surface area contributed by atoms with Crippen molar-refractivity contribution in [3.63, 3.8) is 0 Å². The third-order valence-corrected chi connectivity index (χ3v) is 3.26. The molecule has 1 nitrogen and oxygen atoms in total. The van der Waals surface area contributed by atoms with E-state index in [2.05, 4.69) is 15.9 Å². The number of hydrogen-bond donors (Lipinski definition) is 0. The molecule has 0 aliphatic carbocycles. The van der Waals surface area contributed by atoms with Gasteiger partial charge in [0, 0.05) is 16.0 Å². The van der Waals surface area contributed by atoms with Crippen molar-refractivity contribution in [2.24, 2.45) is 5.92 Å². The van der Waals surface area contributed by atoms with E-state index in [0.717, 1.165) is 27.6 Å². The fraction of sp³-hybridized carbons (Fsp3) is 0.462. The van der Waals surface area contributed by atoms with Crippen molar-refractivity contribution in [2.45, 2.75) is 34.1 Å². The van der Waals surface area contributed by atoms with Crippen molar-refractivity contribution >= 4 is 21.7 Å². The van der Waals surface area contributed by atoms with Crippen LogP contribution in [0.3, 0.4) is 0 Å². The maximum atomic E-state index is 12.1. The minimum Gasteiger partial charge on any atom is -0.294 e. The average Bonchev–Trinajstić information content (AvgIpc) is 2.14. The summed E-state index contributed by atoms with van der Waals surface area (Å²) in [6.07, 6.45) is 0.897. The number of aryl methyl sites for hydroxylation is 2. The molecule has 0 saturated heterocycles. The molecule has 1 rings (SSSR count). The average molecular weight is 269 g/mol. The summed E-state index contributed by atoms with van der Waals surface area (Å²) in [7, 11) is 0. The molecule has 0 aliphatic heterocycles. The van der Waals surface area contributed by atoms with E-state index in [4.69, 9.17) is 0 Å². The second kappa shape index (κ2) is 4.93. The van der Waals surface area contributed by atoms with E-state index in [1.165, 1.54) is 0 Å². The summed E-state index contributed by atoms with van der Waals surface area (Å²) in [5, 5.41) is 0. The van der Waals surface area contributed by atoms with Crippen molar-refractivity contribution in [3.8, 4) is 0 Å². The standard InChI is InChI=1S/C13H17BrO/c1-5-8(2)13(15)12-9(3)6-11(14)7-10(12)4/h6-8H,5H2,1-4H3. The topological polar surface area (TPSA) is 17.1 Å². The van der Waals surface area contributed by atoms with Crippen LogP contribution >= 0.6 is 15.9 Å². The van der Waals surface area contributed by atoms with Gasteiger partial charge in [0.1, 0.15) is 0 Å². The summed E-state index contributed by atoms with van der Waals surface area (Å²) in [6.45, 7) is 8.02. The molecule has 82 valence electrons. The number of benzene rings is 1. The maximum Gasteiger partial charge on any atom is 0.166 e. The first-order valence-electron chi connectivity index (χ1n) is 5.28. The van der Waals surface area contributed by atoms with Gasteiger partial charge in [-0.25, -0.2) is 0 Å². The predicted octanol–water partition coefficient (Wildman–Crippen LogP) is 4.29. The number of carbonyl (C=O) groups excluding carboxylic acids is 1. The van der Waals surface area contributed by atoms with Crippen LogP contribution in [-0.2, 0) is 0 Å². The van der Waals surface area contributed by atoms with Crippen LogP contribution in [0.1, 0.15) is 41.8 Å².